The fourth-order valence-electron chi connectivity index (χ4n) is 5.36. The van der Waals surface area contributed by atoms with Gasteiger partial charge in [-0.1, -0.05) is 93.1 Å². The van der Waals surface area contributed by atoms with Crippen molar-refractivity contribution in [1.82, 2.24) is 0 Å². The molecule has 0 aliphatic rings. The number of benzene rings is 4. The summed E-state index contributed by atoms with van der Waals surface area (Å²) < 4.78 is 28.1. The van der Waals surface area contributed by atoms with Crippen molar-refractivity contribution < 1.29 is 38.6 Å². The molecule has 0 unspecified atom stereocenters. The van der Waals surface area contributed by atoms with Crippen molar-refractivity contribution in [2.75, 3.05) is 0 Å². The van der Waals surface area contributed by atoms with Crippen LogP contribution in [0.4, 0.5) is 14.5 Å². The SMILES string of the molecule is N#Cc1ccc(B(O)O)cc1.O=C(O)CCCCCCCc1ccc(Br)c(F)c1.[C-]#[N+]c1ccc(-c2ccc(CCCCCCCC(=O)O)cc2F)cc1. The van der Waals surface area contributed by atoms with Gasteiger partial charge in [-0.2, -0.15) is 5.26 Å². The highest BCUT2D eigenvalue weighted by molar-refractivity contribution is 9.10. The largest absolute Gasteiger partial charge is 0.488 e. The van der Waals surface area contributed by atoms with E-state index in [0.29, 0.717) is 26.7 Å². The third kappa shape index (κ3) is 18.7. The van der Waals surface area contributed by atoms with Crippen molar-refractivity contribution in [2.24, 2.45) is 0 Å². The van der Waals surface area contributed by atoms with Crippen molar-refractivity contribution in [2.45, 2.75) is 89.9 Å². The molecule has 8 nitrogen and oxygen atoms in total. The van der Waals surface area contributed by atoms with Crippen molar-refractivity contribution in [3.05, 3.63) is 129 Å². The van der Waals surface area contributed by atoms with Gasteiger partial charge in [0.05, 0.1) is 22.7 Å². The van der Waals surface area contributed by atoms with Gasteiger partial charge in [-0.05, 0) is 107 Å². The molecule has 284 valence electrons. The van der Waals surface area contributed by atoms with E-state index in [4.69, 9.17) is 32.1 Å². The molecule has 0 aromatic heterocycles. The van der Waals surface area contributed by atoms with E-state index in [-0.39, 0.29) is 24.5 Å². The molecule has 0 aliphatic heterocycles. The highest BCUT2D eigenvalue weighted by atomic mass is 79.9. The van der Waals surface area contributed by atoms with Gasteiger partial charge >= 0.3 is 19.1 Å². The number of rotatable bonds is 18. The van der Waals surface area contributed by atoms with Crippen LogP contribution in [0.3, 0.4) is 0 Å². The van der Waals surface area contributed by atoms with Crippen LogP contribution in [0.1, 0.15) is 93.7 Å². The molecule has 0 spiro atoms. The van der Waals surface area contributed by atoms with Gasteiger partial charge in [0, 0.05) is 18.4 Å². The molecule has 0 amide bonds. The second-order valence-corrected chi connectivity index (χ2v) is 13.5. The summed E-state index contributed by atoms with van der Waals surface area (Å²) >= 11 is 3.13. The molecule has 12 heteroatoms. The van der Waals surface area contributed by atoms with Crippen LogP contribution < -0.4 is 5.46 Å². The molecule has 0 saturated heterocycles. The molecular weight excluding hydrogens is 757 g/mol. The van der Waals surface area contributed by atoms with Crippen LogP contribution in [-0.2, 0) is 22.4 Å². The monoisotopic (exact) mass is 802 g/mol. The summed E-state index contributed by atoms with van der Waals surface area (Å²) in [5, 5.41) is 42.8. The first-order valence-electron chi connectivity index (χ1n) is 17.9. The molecule has 0 radical (unpaired) electrons. The van der Waals surface area contributed by atoms with Gasteiger partial charge in [0.25, 0.3) is 0 Å². The fraction of sp³-hybridized carbons (Fsp3) is 0.333. The van der Waals surface area contributed by atoms with E-state index in [1.54, 1.807) is 48.5 Å². The Morgan fingerprint density at radius 2 is 1.17 bits per heavy atom. The summed E-state index contributed by atoms with van der Waals surface area (Å²) in [5.74, 6) is -1.91. The summed E-state index contributed by atoms with van der Waals surface area (Å²) in [6.07, 6.45) is 11.7. The van der Waals surface area contributed by atoms with E-state index in [1.807, 2.05) is 18.2 Å². The number of nitrogens with zero attached hydrogens (tertiary/aromatic N) is 2. The lowest BCUT2D eigenvalue weighted by molar-refractivity contribution is -0.138. The third-order valence-corrected chi connectivity index (χ3v) is 9.02. The molecule has 0 atom stereocenters. The number of unbranched alkanes of at least 4 members (excludes halogenated alkanes) is 8. The van der Waals surface area contributed by atoms with Crippen molar-refractivity contribution in [3.8, 4) is 17.2 Å². The maximum Gasteiger partial charge on any atom is 0.488 e. The zero-order valence-electron chi connectivity index (χ0n) is 30.2. The fourth-order valence-corrected chi connectivity index (χ4v) is 5.61. The van der Waals surface area contributed by atoms with Crippen LogP contribution in [0.25, 0.3) is 16.0 Å². The van der Waals surface area contributed by atoms with Gasteiger partial charge in [-0.25, -0.2) is 13.6 Å². The van der Waals surface area contributed by atoms with Crippen molar-refractivity contribution in [3.63, 3.8) is 0 Å². The molecule has 0 fully saturated rings. The Bertz CT molecular complexity index is 1830. The van der Waals surface area contributed by atoms with Crippen LogP contribution in [0.2, 0.25) is 0 Å². The maximum absolute atomic E-state index is 14.4. The molecule has 4 N–H and O–H groups in total. The standard InChI is InChI=1S/C21H22FNO2.C14H18BrFO2.C7H6BNO2/c1-23-18-12-10-17(11-13-18)19-14-9-16(15-20(19)22)7-5-3-2-4-6-8-21(24)25;15-12-9-8-11(10-13(12)16)6-4-2-1-3-5-7-14(17)18;9-5-6-1-3-7(4-2-6)8(10)11/h9-15H,2-8H2,(H,24,25);8-10H,1-7H2,(H,17,18);1-4,10-11H. The Hall–Kier alpha value is -4.88. The average molecular weight is 804 g/mol. The van der Waals surface area contributed by atoms with Crippen molar-refractivity contribution in [1.29, 1.82) is 5.26 Å². The van der Waals surface area contributed by atoms with Gasteiger partial charge in [-0.3, -0.25) is 9.59 Å². The van der Waals surface area contributed by atoms with Crippen LogP contribution in [-0.4, -0.2) is 39.3 Å². The minimum atomic E-state index is -1.46. The van der Waals surface area contributed by atoms with Gasteiger partial charge in [-0.15, -0.1) is 0 Å². The molecule has 0 saturated carbocycles. The lowest BCUT2D eigenvalue weighted by Gasteiger charge is -2.07. The first-order chi connectivity index (χ1) is 25.9. The minimum Gasteiger partial charge on any atom is -0.481 e. The number of halogens is 3. The lowest BCUT2D eigenvalue weighted by atomic mass is 9.80. The number of carboxylic acids is 2. The minimum absolute atomic E-state index is 0.214. The van der Waals surface area contributed by atoms with Gasteiger partial charge in [0.15, 0.2) is 5.69 Å². The molecule has 0 aliphatic carbocycles. The topological polar surface area (TPSA) is 143 Å². The van der Waals surface area contributed by atoms with E-state index >= 15 is 0 Å². The summed E-state index contributed by atoms with van der Waals surface area (Å²) in [7, 11) is -1.46. The Morgan fingerprint density at radius 1 is 0.685 bits per heavy atom. The van der Waals surface area contributed by atoms with Gasteiger partial charge < -0.3 is 20.3 Å². The number of hydrogen-bond donors (Lipinski definition) is 4. The molecular formula is C42H46BBrF2N2O6. The van der Waals surface area contributed by atoms with Gasteiger partial charge in [0.2, 0.25) is 0 Å². The van der Waals surface area contributed by atoms with Gasteiger partial charge in [0.1, 0.15) is 11.6 Å². The number of carboxylic acid groups (broad SMARTS) is 2. The number of nitriles is 1. The molecule has 0 heterocycles. The molecule has 0 bridgehead atoms. The van der Waals surface area contributed by atoms with Crippen LogP contribution in [0.15, 0.2) is 89.4 Å². The van der Waals surface area contributed by atoms with E-state index < -0.39 is 19.1 Å². The Labute approximate surface area is 325 Å². The number of hydrogen-bond acceptors (Lipinski definition) is 5. The summed E-state index contributed by atoms with van der Waals surface area (Å²) in [6.45, 7) is 6.95. The van der Waals surface area contributed by atoms with E-state index in [0.717, 1.165) is 93.7 Å². The second kappa shape index (κ2) is 26.0. The summed E-state index contributed by atoms with van der Waals surface area (Å²) in [6, 6.07) is 25.5. The maximum atomic E-state index is 14.4. The van der Waals surface area contributed by atoms with Crippen LogP contribution in [0.5, 0.6) is 0 Å². The predicted molar refractivity (Wildman–Crippen MR) is 211 cm³/mol. The predicted octanol–water partition coefficient (Wildman–Crippen LogP) is 9.81. The molecule has 4 aromatic carbocycles. The number of aliphatic carboxylic acids is 2. The first-order valence-corrected chi connectivity index (χ1v) is 18.7. The van der Waals surface area contributed by atoms with Crippen LogP contribution in [0, 0.1) is 29.5 Å². The highest BCUT2D eigenvalue weighted by Gasteiger charge is 2.09. The molecule has 54 heavy (non-hydrogen) atoms. The molecule has 4 rings (SSSR count). The quantitative estimate of drug-likeness (QED) is 0.0446. The average Bonchev–Trinajstić information content (AvgIpc) is 3.16. The Kier molecular flexibility index (Phi) is 21.8. The van der Waals surface area contributed by atoms with E-state index in [2.05, 4.69) is 20.8 Å². The normalized spacial score (nSPS) is 10.1. The van der Waals surface area contributed by atoms with E-state index in [9.17, 15) is 18.4 Å². The zero-order chi connectivity index (χ0) is 39.7. The lowest BCUT2D eigenvalue weighted by Crippen LogP contribution is -2.29. The summed E-state index contributed by atoms with van der Waals surface area (Å²) in [5.41, 5.74) is 4.76. The number of aryl methyl sites for hydroxylation is 2. The smallest absolute Gasteiger partial charge is 0.481 e. The number of carbonyl (C=O) groups is 2. The Balaban J connectivity index is 0.000000303. The highest BCUT2D eigenvalue weighted by Crippen LogP contribution is 2.26. The Morgan fingerprint density at radius 3 is 1.61 bits per heavy atom. The van der Waals surface area contributed by atoms with Crippen molar-refractivity contribution >= 4 is 46.1 Å². The summed E-state index contributed by atoms with van der Waals surface area (Å²) in [4.78, 5) is 24.0. The first kappa shape index (κ1) is 45.3. The zero-order valence-corrected chi connectivity index (χ0v) is 31.8. The van der Waals surface area contributed by atoms with Crippen LogP contribution >= 0.6 is 15.9 Å². The van der Waals surface area contributed by atoms with E-state index in [1.165, 1.54) is 24.3 Å². The second-order valence-electron chi connectivity index (χ2n) is 12.7. The molecule has 4 aromatic rings. The third-order valence-electron chi connectivity index (χ3n) is 8.38.